The molecule has 2 aliphatic heterocycles. The zero-order valence-corrected chi connectivity index (χ0v) is 45.4. The van der Waals surface area contributed by atoms with Crippen LogP contribution >= 0.6 is 0 Å². The molecule has 12 atom stereocenters. The van der Waals surface area contributed by atoms with Crippen LogP contribution in [0.4, 0.5) is 0 Å². The van der Waals surface area contributed by atoms with E-state index < -0.39 is 86.8 Å². The van der Waals surface area contributed by atoms with Gasteiger partial charge in [0.25, 0.3) is 0 Å². The maximum Gasteiger partial charge on any atom is 0.220 e. The molecule has 14 heteroatoms. The van der Waals surface area contributed by atoms with Crippen molar-refractivity contribution < 1.29 is 64.6 Å². The Bertz CT molecular complexity index is 1300. The molecule has 72 heavy (non-hydrogen) atoms. The molecule has 1 amide bonds. The number of aliphatic hydroxyl groups is 8. The molecule has 12 unspecified atom stereocenters. The number of hydrogen-bond acceptors (Lipinski definition) is 13. The Morgan fingerprint density at radius 3 is 1.42 bits per heavy atom. The fourth-order valence-corrected chi connectivity index (χ4v) is 9.86. The monoisotopic (exact) mass is 1030 g/mol. The van der Waals surface area contributed by atoms with Gasteiger partial charge < -0.3 is 65.1 Å². The van der Waals surface area contributed by atoms with E-state index in [1.54, 1.807) is 0 Å². The molecule has 424 valence electrons. The summed E-state index contributed by atoms with van der Waals surface area (Å²) in [5.74, 6) is -0.209. The maximum atomic E-state index is 13.3. The molecular formula is C58H109NO13. The van der Waals surface area contributed by atoms with Gasteiger partial charge in [0.2, 0.25) is 5.91 Å². The van der Waals surface area contributed by atoms with Crippen molar-refractivity contribution in [3.8, 4) is 0 Å². The summed E-state index contributed by atoms with van der Waals surface area (Å²) in [7, 11) is 0. The maximum absolute atomic E-state index is 13.3. The lowest BCUT2D eigenvalue weighted by molar-refractivity contribution is -0.359. The van der Waals surface area contributed by atoms with Gasteiger partial charge in [-0.3, -0.25) is 4.79 Å². The molecule has 2 fully saturated rings. The molecule has 0 aromatic rings. The second kappa shape index (κ2) is 44.6. The van der Waals surface area contributed by atoms with Crippen LogP contribution in [0.1, 0.15) is 245 Å². The molecule has 0 saturated carbocycles. The van der Waals surface area contributed by atoms with E-state index in [-0.39, 0.29) is 12.5 Å². The Morgan fingerprint density at radius 1 is 0.500 bits per heavy atom. The zero-order chi connectivity index (χ0) is 52.4. The molecule has 14 nitrogen and oxygen atoms in total. The Balaban J connectivity index is 1.76. The number of carbonyl (C=O) groups is 1. The number of amides is 1. The minimum Gasteiger partial charge on any atom is -0.394 e. The molecule has 0 spiro atoms. The van der Waals surface area contributed by atoms with Gasteiger partial charge >= 0.3 is 0 Å². The summed E-state index contributed by atoms with van der Waals surface area (Å²) in [5.41, 5.74) is 0. The summed E-state index contributed by atoms with van der Waals surface area (Å²) in [5, 5.41) is 87.2. The van der Waals surface area contributed by atoms with Crippen LogP contribution in [0, 0.1) is 0 Å². The standard InChI is InChI=1S/C58H109NO13/c1-3-5-7-9-11-13-15-17-19-21-23-25-27-29-31-33-35-37-39-41-47(62)46(59-50(63)42-40-38-36-34-32-30-28-26-24-22-20-18-16-14-12-10-8-6-4-2)45-69-57-55(68)53(66)56(49(44-61)71-57)72-58-54(67)52(65)51(64)48(43-60)70-58/h12,14,18,20,46-49,51-58,60-62,64-68H,3-11,13,15-17,19,21-45H2,1-2H3,(H,59,63)/b14-12-,20-18-. The number of aliphatic hydroxyl groups excluding tert-OH is 8. The van der Waals surface area contributed by atoms with Crippen molar-refractivity contribution in [2.45, 2.75) is 319 Å². The van der Waals surface area contributed by atoms with Gasteiger partial charge in [-0.1, -0.05) is 218 Å². The van der Waals surface area contributed by atoms with Crippen LogP contribution in [-0.4, -0.2) is 140 Å². The quantitative estimate of drug-likeness (QED) is 0.0205. The van der Waals surface area contributed by atoms with Crippen LogP contribution in [0.2, 0.25) is 0 Å². The minimum atomic E-state index is -1.78. The third-order valence-corrected chi connectivity index (χ3v) is 14.7. The first kappa shape index (κ1) is 66.6. The highest BCUT2D eigenvalue weighted by molar-refractivity contribution is 5.76. The van der Waals surface area contributed by atoms with Gasteiger partial charge in [-0.25, -0.2) is 0 Å². The van der Waals surface area contributed by atoms with Crippen LogP contribution in [0.15, 0.2) is 24.3 Å². The number of allylic oxidation sites excluding steroid dienone is 4. The average Bonchev–Trinajstić information content (AvgIpc) is 3.38. The molecular weight excluding hydrogens is 919 g/mol. The summed E-state index contributed by atoms with van der Waals surface area (Å²) < 4.78 is 22.8. The molecule has 0 bridgehead atoms. The second-order valence-electron chi connectivity index (χ2n) is 21.1. The number of rotatable bonds is 47. The van der Waals surface area contributed by atoms with E-state index in [1.165, 1.54) is 154 Å². The third-order valence-electron chi connectivity index (χ3n) is 14.7. The first-order valence-corrected chi connectivity index (χ1v) is 29.6. The number of carbonyl (C=O) groups excluding carboxylic acids is 1. The number of nitrogens with one attached hydrogen (secondary N) is 1. The van der Waals surface area contributed by atoms with Crippen molar-refractivity contribution in [1.29, 1.82) is 0 Å². The molecule has 0 aromatic heterocycles. The summed E-state index contributed by atoms with van der Waals surface area (Å²) in [6, 6.07) is -0.829. The zero-order valence-electron chi connectivity index (χ0n) is 45.4. The van der Waals surface area contributed by atoms with Gasteiger partial charge in [0.05, 0.1) is 32.0 Å². The predicted molar refractivity (Wildman–Crippen MR) is 286 cm³/mol. The Labute approximate surface area is 437 Å². The molecule has 0 aromatic carbocycles. The van der Waals surface area contributed by atoms with E-state index in [9.17, 15) is 45.6 Å². The Kier molecular flexibility index (Phi) is 41.2. The van der Waals surface area contributed by atoms with Crippen molar-refractivity contribution in [1.82, 2.24) is 5.32 Å². The molecule has 0 radical (unpaired) electrons. The fraction of sp³-hybridized carbons (Fsp3) is 0.914. The summed E-state index contributed by atoms with van der Waals surface area (Å²) in [6.07, 6.45) is 34.5. The van der Waals surface area contributed by atoms with E-state index in [4.69, 9.17) is 18.9 Å². The highest BCUT2D eigenvalue weighted by Crippen LogP contribution is 2.30. The van der Waals surface area contributed by atoms with Crippen molar-refractivity contribution >= 4 is 5.91 Å². The first-order chi connectivity index (χ1) is 35.1. The van der Waals surface area contributed by atoms with Crippen LogP contribution in [0.25, 0.3) is 0 Å². The lowest BCUT2D eigenvalue weighted by Crippen LogP contribution is -2.65. The molecule has 0 aliphatic carbocycles. The largest absolute Gasteiger partial charge is 0.394 e. The number of hydrogen-bond donors (Lipinski definition) is 9. The number of ether oxygens (including phenoxy) is 4. The smallest absolute Gasteiger partial charge is 0.220 e. The second-order valence-corrected chi connectivity index (χ2v) is 21.1. The van der Waals surface area contributed by atoms with Gasteiger partial charge in [-0.2, -0.15) is 0 Å². The van der Waals surface area contributed by atoms with Crippen LogP contribution in [0.3, 0.4) is 0 Å². The van der Waals surface area contributed by atoms with Crippen molar-refractivity contribution in [2.24, 2.45) is 0 Å². The molecule has 2 rings (SSSR count). The lowest BCUT2D eigenvalue weighted by atomic mass is 9.97. The van der Waals surface area contributed by atoms with E-state index in [1.807, 2.05) is 0 Å². The highest BCUT2D eigenvalue weighted by Gasteiger charge is 2.51. The Morgan fingerprint density at radius 2 is 0.917 bits per heavy atom. The normalized spacial score (nSPS) is 25.7. The van der Waals surface area contributed by atoms with Crippen molar-refractivity contribution in [3.05, 3.63) is 24.3 Å². The predicted octanol–water partition coefficient (Wildman–Crippen LogP) is 9.67. The Hall–Kier alpha value is -1.53. The SMILES string of the molecule is CCCCC/C=C\C/C=C\CCCCCCCCCCCC(=O)NC(COC1OC(CO)C(OC2OC(CO)C(O)C(O)C2O)C(O)C1O)C(O)CCCCCCCCCCCCCCCCCCCCC. The van der Waals surface area contributed by atoms with Crippen LogP contribution in [-0.2, 0) is 23.7 Å². The fourth-order valence-electron chi connectivity index (χ4n) is 9.86. The van der Waals surface area contributed by atoms with Gasteiger partial charge in [-0.05, 0) is 44.9 Å². The van der Waals surface area contributed by atoms with E-state index in [0.717, 1.165) is 64.2 Å². The van der Waals surface area contributed by atoms with Crippen molar-refractivity contribution in [2.75, 3.05) is 19.8 Å². The first-order valence-electron chi connectivity index (χ1n) is 29.6. The van der Waals surface area contributed by atoms with Gasteiger partial charge in [0, 0.05) is 6.42 Å². The van der Waals surface area contributed by atoms with Gasteiger partial charge in [0.15, 0.2) is 12.6 Å². The van der Waals surface area contributed by atoms with Crippen molar-refractivity contribution in [3.63, 3.8) is 0 Å². The third kappa shape index (κ3) is 30.3. The van der Waals surface area contributed by atoms with Crippen LogP contribution in [0.5, 0.6) is 0 Å². The minimum absolute atomic E-state index is 0.209. The molecule has 2 aliphatic rings. The van der Waals surface area contributed by atoms with E-state index in [0.29, 0.717) is 12.8 Å². The topological polar surface area (TPSA) is 228 Å². The molecule has 9 N–H and O–H groups in total. The lowest BCUT2D eigenvalue weighted by Gasteiger charge is -2.46. The highest BCUT2D eigenvalue weighted by atomic mass is 16.7. The van der Waals surface area contributed by atoms with Gasteiger partial charge in [-0.15, -0.1) is 0 Å². The summed E-state index contributed by atoms with van der Waals surface area (Å²) >= 11 is 0. The van der Waals surface area contributed by atoms with Crippen LogP contribution < -0.4 is 5.32 Å². The molecule has 2 saturated heterocycles. The van der Waals surface area contributed by atoms with Gasteiger partial charge in [0.1, 0.15) is 48.8 Å². The van der Waals surface area contributed by atoms with E-state index in [2.05, 4.69) is 43.5 Å². The van der Waals surface area contributed by atoms with E-state index >= 15 is 0 Å². The molecule has 2 heterocycles. The summed E-state index contributed by atoms with van der Waals surface area (Å²) in [4.78, 5) is 13.3. The average molecular weight is 1030 g/mol. The summed E-state index contributed by atoms with van der Waals surface area (Å²) in [6.45, 7) is 2.85. The number of unbranched alkanes of at least 4 members (excludes halogenated alkanes) is 30.